The number of nitrogens with one attached hydrogen (secondary N) is 1. The van der Waals surface area contributed by atoms with Crippen LogP contribution in [0, 0.1) is 6.92 Å². The van der Waals surface area contributed by atoms with Crippen LogP contribution in [0.5, 0.6) is 0 Å². The summed E-state index contributed by atoms with van der Waals surface area (Å²) in [5.74, 6) is -0.142. The highest BCUT2D eigenvalue weighted by Crippen LogP contribution is 2.22. The van der Waals surface area contributed by atoms with Crippen molar-refractivity contribution in [2.75, 3.05) is 20.3 Å². The molecular weight excluding hydrogens is 326 g/mol. The van der Waals surface area contributed by atoms with Gasteiger partial charge in [0.25, 0.3) is 5.91 Å². The zero-order valence-electron chi connectivity index (χ0n) is 15.1. The Hall–Kier alpha value is -2.92. The summed E-state index contributed by atoms with van der Waals surface area (Å²) >= 11 is 0. The lowest BCUT2D eigenvalue weighted by Crippen LogP contribution is -2.27. The molecule has 3 aromatic rings. The van der Waals surface area contributed by atoms with Crippen LogP contribution < -0.4 is 5.32 Å². The quantitative estimate of drug-likeness (QED) is 0.663. The van der Waals surface area contributed by atoms with Crippen LogP contribution in [0.15, 0.2) is 60.7 Å². The molecule has 0 spiro atoms. The van der Waals surface area contributed by atoms with Gasteiger partial charge >= 0.3 is 0 Å². The minimum atomic E-state index is -0.142. The first kappa shape index (κ1) is 17.9. The lowest BCUT2D eigenvalue weighted by atomic mass is 10.1. The average Bonchev–Trinajstić information content (AvgIpc) is 3.12. The van der Waals surface area contributed by atoms with Gasteiger partial charge in [0.1, 0.15) is 5.69 Å². The van der Waals surface area contributed by atoms with Crippen LogP contribution in [-0.2, 0) is 4.74 Å². The SMILES string of the molecule is COCCCNC(=O)c1cc(-c2ccccc2)nn1-c1ccc(C)cc1. The first-order valence-corrected chi connectivity index (χ1v) is 8.68. The molecule has 0 saturated carbocycles. The molecule has 0 unspecified atom stereocenters. The van der Waals surface area contributed by atoms with E-state index in [2.05, 4.69) is 10.4 Å². The van der Waals surface area contributed by atoms with Gasteiger partial charge in [0.15, 0.2) is 0 Å². The Labute approximate surface area is 153 Å². The van der Waals surface area contributed by atoms with Crippen LogP contribution in [0.4, 0.5) is 0 Å². The maximum Gasteiger partial charge on any atom is 0.270 e. The Bertz CT molecular complexity index is 855. The first-order chi connectivity index (χ1) is 12.7. The number of hydrogen-bond donors (Lipinski definition) is 1. The van der Waals surface area contributed by atoms with Crippen molar-refractivity contribution in [3.05, 3.63) is 71.9 Å². The molecule has 0 fully saturated rings. The van der Waals surface area contributed by atoms with Crippen LogP contribution in [-0.4, -0.2) is 35.9 Å². The van der Waals surface area contributed by atoms with Gasteiger partial charge in [0, 0.05) is 25.8 Å². The highest BCUT2D eigenvalue weighted by atomic mass is 16.5. The van der Waals surface area contributed by atoms with E-state index in [9.17, 15) is 4.79 Å². The number of carbonyl (C=O) groups excluding carboxylic acids is 1. The van der Waals surface area contributed by atoms with Crippen LogP contribution in [0.1, 0.15) is 22.5 Å². The molecule has 3 rings (SSSR count). The number of benzene rings is 2. The molecule has 5 nitrogen and oxygen atoms in total. The molecule has 1 N–H and O–H groups in total. The normalized spacial score (nSPS) is 10.7. The van der Waals surface area contributed by atoms with Gasteiger partial charge in [0.2, 0.25) is 0 Å². The van der Waals surface area contributed by atoms with Gasteiger partial charge in [-0.1, -0.05) is 48.0 Å². The van der Waals surface area contributed by atoms with Crippen molar-refractivity contribution in [2.45, 2.75) is 13.3 Å². The van der Waals surface area contributed by atoms with Crippen molar-refractivity contribution in [2.24, 2.45) is 0 Å². The van der Waals surface area contributed by atoms with Crippen molar-refractivity contribution in [1.29, 1.82) is 0 Å². The van der Waals surface area contributed by atoms with Crippen LogP contribution in [0.25, 0.3) is 16.9 Å². The number of nitrogens with zero attached hydrogens (tertiary/aromatic N) is 2. The van der Waals surface area contributed by atoms with Crippen molar-refractivity contribution >= 4 is 5.91 Å². The van der Waals surface area contributed by atoms with E-state index in [1.54, 1.807) is 11.8 Å². The van der Waals surface area contributed by atoms with E-state index in [1.165, 1.54) is 0 Å². The second-order valence-electron chi connectivity index (χ2n) is 6.13. The Morgan fingerprint density at radius 1 is 1.12 bits per heavy atom. The Balaban J connectivity index is 1.93. The molecule has 0 aliphatic rings. The van der Waals surface area contributed by atoms with Crippen molar-refractivity contribution < 1.29 is 9.53 Å². The molecule has 26 heavy (non-hydrogen) atoms. The molecule has 0 aliphatic heterocycles. The van der Waals surface area contributed by atoms with E-state index in [-0.39, 0.29) is 5.91 Å². The predicted molar refractivity (Wildman–Crippen MR) is 103 cm³/mol. The van der Waals surface area contributed by atoms with Gasteiger partial charge in [0.05, 0.1) is 11.4 Å². The largest absolute Gasteiger partial charge is 0.385 e. The number of aromatic nitrogens is 2. The molecular formula is C21H23N3O2. The maximum absolute atomic E-state index is 12.7. The van der Waals surface area contributed by atoms with Gasteiger partial charge in [-0.05, 0) is 31.5 Å². The average molecular weight is 349 g/mol. The van der Waals surface area contributed by atoms with Gasteiger partial charge in [-0.3, -0.25) is 4.79 Å². The summed E-state index contributed by atoms with van der Waals surface area (Å²) in [6.07, 6.45) is 0.770. The third kappa shape index (κ3) is 4.18. The molecule has 0 saturated heterocycles. The molecule has 0 atom stereocenters. The van der Waals surface area contributed by atoms with E-state index >= 15 is 0 Å². The van der Waals surface area contributed by atoms with Gasteiger partial charge in [-0.25, -0.2) is 4.68 Å². The number of amides is 1. The zero-order chi connectivity index (χ0) is 18.4. The summed E-state index contributed by atoms with van der Waals surface area (Å²) < 4.78 is 6.73. The number of ether oxygens (including phenoxy) is 1. The molecule has 0 aliphatic carbocycles. The van der Waals surface area contributed by atoms with Gasteiger partial charge in [-0.2, -0.15) is 5.10 Å². The van der Waals surface area contributed by atoms with Crippen molar-refractivity contribution in [3.63, 3.8) is 0 Å². The number of rotatable bonds is 7. The number of aryl methyl sites for hydroxylation is 1. The van der Waals surface area contributed by atoms with Crippen molar-refractivity contribution in [1.82, 2.24) is 15.1 Å². The number of carbonyl (C=O) groups is 1. The van der Waals surface area contributed by atoms with E-state index < -0.39 is 0 Å². The van der Waals surface area contributed by atoms with Gasteiger partial charge in [-0.15, -0.1) is 0 Å². The standard InChI is InChI=1S/C21H23N3O2/c1-16-9-11-18(12-10-16)24-20(21(25)22-13-6-14-26-2)15-19(23-24)17-7-4-3-5-8-17/h3-5,7-12,15H,6,13-14H2,1-2H3,(H,22,25). The second kappa shape index (κ2) is 8.45. The molecule has 0 radical (unpaired) electrons. The third-order valence-electron chi connectivity index (χ3n) is 4.10. The molecule has 134 valence electrons. The number of hydrogen-bond acceptors (Lipinski definition) is 3. The Morgan fingerprint density at radius 3 is 2.54 bits per heavy atom. The molecule has 0 bridgehead atoms. The first-order valence-electron chi connectivity index (χ1n) is 8.68. The zero-order valence-corrected chi connectivity index (χ0v) is 15.1. The highest BCUT2D eigenvalue weighted by molar-refractivity contribution is 5.94. The fourth-order valence-electron chi connectivity index (χ4n) is 2.68. The fraction of sp³-hybridized carbons (Fsp3) is 0.238. The topological polar surface area (TPSA) is 56.1 Å². The summed E-state index contributed by atoms with van der Waals surface area (Å²) in [5.41, 5.74) is 4.29. The van der Waals surface area contributed by atoms with Gasteiger partial charge < -0.3 is 10.1 Å². The van der Waals surface area contributed by atoms with E-state index in [4.69, 9.17) is 4.74 Å². The fourth-order valence-corrected chi connectivity index (χ4v) is 2.68. The molecule has 1 amide bonds. The summed E-state index contributed by atoms with van der Waals surface area (Å²) in [6, 6.07) is 19.7. The van der Waals surface area contributed by atoms with E-state index in [0.29, 0.717) is 18.8 Å². The van der Waals surface area contributed by atoms with Crippen molar-refractivity contribution in [3.8, 4) is 16.9 Å². The Kier molecular flexibility index (Phi) is 5.81. The molecule has 1 aromatic heterocycles. The summed E-state index contributed by atoms with van der Waals surface area (Å²) in [7, 11) is 1.65. The predicted octanol–water partition coefficient (Wildman–Crippen LogP) is 3.61. The lowest BCUT2D eigenvalue weighted by molar-refractivity contribution is 0.0941. The molecule has 1 heterocycles. The minimum Gasteiger partial charge on any atom is -0.385 e. The molecule has 2 aromatic carbocycles. The summed E-state index contributed by atoms with van der Waals surface area (Å²) in [4.78, 5) is 12.7. The highest BCUT2D eigenvalue weighted by Gasteiger charge is 2.17. The van der Waals surface area contributed by atoms with Crippen LogP contribution >= 0.6 is 0 Å². The summed E-state index contributed by atoms with van der Waals surface area (Å²) in [5, 5.41) is 7.62. The molecule has 5 heteroatoms. The lowest BCUT2D eigenvalue weighted by Gasteiger charge is -2.08. The van der Waals surface area contributed by atoms with E-state index in [1.807, 2.05) is 67.6 Å². The second-order valence-corrected chi connectivity index (χ2v) is 6.13. The summed E-state index contributed by atoms with van der Waals surface area (Å²) in [6.45, 7) is 3.21. The minimum absolute atomic E-state index is 0.142. The van der Waals surface area contributed by atoms with Crippen LogP contribution in [0.3, 0.4) is 0 Å². The van der Waals surface area contributed by atoms with E-state index in [0.717, 1.165) is 28.9 Å². The number of methoxy groups -OCH3 is 1. The third-order valence-corrected chi connectivity index (χ3v) is 4.10. The Morgan fingerprint density at radius 2 is 1.85 bits per heavy atom. The smallest absolute Gasteiger partial charge is 0.270 e. The monoisotopic (exact) mass is 349 g/mol. The van der Waals surface area contributed by atoms with Crippen LogP contribution in [0.2, 0.25) is 0 Å². The maximum atomic E-state index is 12.7.